The molecule has 8 nitrogen and oxygen atoms in total. The van der Waals surface area contributed by atoms with Crippen LogP contribution in [0.5, 0.6) is 23.0 Å². The summed E-state index contributed by atoms with van der Waals surface area (Å²) in [5.74, 6) is 1.89. The van der Waals surface area contributed by atoms with Gasteiger partial charge in [0, 0.05) is 25.7 Å². The number of benzene rings is 2. The SMILES string of the molecule is CCC(NC(=O)/C=C/c1cc(OC)c2c(c1)OCCO2)c1ccccc1OCC(=O)N(C)C. The Bertz CT molecular complexity index is 1000. The lowest BCUT2D eigenvalue weighted by Gasteiger charge is -2.21. The molecule has 0 fully saturated rings. The van der Waals surface area contributed by atoms with Crippen LogP contribution in [0.15, 0.2) is 42.5 Å². The zero-order valence-corrected chi connectivity index (χ0v) is 19.4. The van der Waals surface area contributed by atoms with Crippen LogP contribution in [0.4, 0.5) is 0 Å². The molecule has 1 heterocycles. The highest BCUT2D eigenvalue weighted by atomic mass is 16.6. The Morgan fingerprint density at radius 3 is 2.64 bits per heavy atom. The first-order valence-electron chi connectivity index (χ1n) is 10.8. The molecule has 2 aromatic carbocycles. The zero-order valence-electron chi connectivity index (χ0n) is 19.4. The van der Waals surface area contributed by atoms with Gasteiger partial charge in [0.2, 0.25) is 11.7 Å². The summed E-state index contributed by atoms with van der Waals surface area (Å²) in [6.07, 6.45) is 3.81. The van der Waals surface area contributed by atoms with Gasteiger partial charge >= 0.3 is 0 Å². The van der Waals surface area contributed by atoms with Crippen LogP contribution < -0.4 is 24.3 Å². The van der Waals surface area contributed by atoms with Gasteiger partial charge in [-0.15, -0.1) is 0 Å². The van der Waals surface area contributed by atoms with Crippen molar-refractivity contribution in [2.45, 2.75) is 19.4 Å². The first-order chi connectivity index (χ1) is 15.9. The van der Waals surface area contributed by atoms with E-state index < -0.39 is 0 Å². The quantitative estimate of drug-likeness (QED) is 0.586. The molecule has 1 unspecified atom stereocenters. The molecular weight excluding hydrogens is 424 g/mol. The fourth-order valence-electron chi connectivity index (χ4n) is 3.35. The van der Waals surface area contributed by atoms with Crippen LogP contribution in [0.1, 0.15) is 30.5 Å². The molecule has 1 aliphatic heterocycles. The average molecular weight is 455 g/mol. The first kappa shape index (κ1) is 24.0. The van der Waals surface area contributed by atoms with Gasteiger partial charge in [0.15, 0.2) is 18.1 Å². The first-order valence-corrected chi connectivity index (χ1v) is 10.8. The number of ether oxygens (including phenoxy) is 4. The van der Waals surface area contributed by atoms with E-state index in [2.05, 4.69) is 5.32 Å². The molecule has 2 aromatic rings. The van der Waals surface area contributed by atoms with E-state index in [-0.39, 0.29) is 24.5 Å². The van der Waals surface area contributed by atoms with Crippen molar-refractivity contribution in [2.75, 3.05) is 41.0 Å². The number of nitrogens with one attached hydrogen (secondary N) is 1. The third-order valence-electron chi connectivity index (χ3n) is 5.15. The number of para-hydroxylation sites is 1. The monoisotopic (exact) mass is 454 g/mol. The molecule has 0 aliphatic carbocycles. The van der Waals surface area contributed by atoms with Gasteiger partial charge in [-0.25, -0.2) is 0 Å². The van der Waals surface area contributed by atoms with E-state index in [1.54, 1.807) is 39.4 Å². The van der Waals surface area contributed by atoms with E-state index >= 15 is 0 Å². The van der Waals surface area contributed by atoms with Gasteiger partial charge in [0.25, 0.3) is 5.91 Å². The van der Waals surface area contributed by atoms with Crippen LogP contribution in [0.25, 0.3) is 6.08 Å². The molecule has 1 atom stereocenters. The maximum absolute atomic E-state index is 12.7. The van der Waals surface area contributed by atoms with E-state index in [1.165, 1.54) is 11.0 Å². The predicted molar refractivity (Wildman–Crippen MR) is 125 cm³/mol. The molecule has 176 valence electrons. The predicted octanol–water partition coefficient (Wildman–Crippen LogP) is 3.21. The molecule has 2 amide bonds. The number of likely N-dealkylation sites (N-methyl/N-ethyl adjacent to an activating group) is 1. The molecular formula is C25H30N2O6. The van der Waals surface area contributed by atoms with Gasteiger partial charge in [-0.1, -0.05) is 25.1 Å². The molecule has 0 spiro atoms. The van der Waals surface area contributed by atoms with Crippen molar-refractivity contribution in [1.82, 2.24) is 10.2 Å². The van der Waals surface area contributed by atoms with Crippen molar-refractivity contribution >= 4 is 17.9 Å². The van der Waals surface area contributed by atoms with Gasteiger partial charge < -0.3 is 29.2 Å². The Kier molecular flexibility index (Phi) is 8.18. The number of methoxy groups -OCH3 is 1. The standard InChI is InChI=1S/C25H30N2O6/c1-5-19(18-8-6-7-9-20(18)33-16-24(29)27(2)3)26-23(28)11-10-17-14-21(30-4)25-22(15-17)31-12-13-32-25/h6-11,14-15,19H,5,12-13,16H2,1-4H3,(H,26,28)/b11-10+. The van der Waals surface area contributed by atoms with Crippen molar-refractivity contribution in [3.8, 4) is 23.0 Å². The molecule has 0 saturated carbocycles. The number of rotatable bonds is 9. The number of fused-ring (bicyclic) bond motifs is 1. The second-order valence-corrected chi connectivity index (χ2v) is 7.66. The minimum absolute atomic E-state index is 0.0692. The lowest BCUT2D eigenvalue weighted by Crippen LogP contribution is -2.29. The highest BCUT2D eigenvalue weighted by molar-refractivity contribution is 5.92. The van der Waals surface area contributed by atoms with Crippen molar-refractivity contribution < 1.29 is 28.5 Å². The highest BCUT2D eigenvalue weighted by Crippen LogP contribution is 2.40. The maximum Gasteiger partial charge on any atom is 0.259 e. The molecule has 0 aromatic heterocycles. The van der Waals surface area contributed by atoms with Crippen LogP contribution in [0.2, 0.25) is 0 Å². The number of nitrogens with zero attached hydrogens (tertiary/aromatic N) is 1. The molecule has 1 aliphatic rings. The summed E-state index contributed by atoms with van der Waals surface area (Å²) in [5.41, 5.74) is 1.57. The summed E-state index contributed by atoms with van der Waals surface area (Å²) >= 11 is 0. The van der Waals surface area contributed by atoms with Gasteiger partial charge in [0.1, 0.15) is 19.0 Å². The summed E-state index contributed by atoms with van der Waals surface area (Å²) in [6, 6.07) is 10.7. The van der Waals surface area contributed by atoms with Gasteiger partial charge in [-0.2, -0.15) is 0 Å². The zero-order chi connectivity index (χ0) is 23.8. The topological polar surface area (TPSA) is 86.3 Å². The third kappa shape index (κ3) is 6.19. The molecule has 8 heteroatoms. The summed E-state index contributed by atoms with van der Waals surface area (Å²) in [7, 11) is 4.91. The second kappa shape index (κ2) is 11.3. The highest BCUT2D eigenvalue weighted by Gasteiger charge is 2.19. The van der Waals surface area contributed by atoms with E-state index in [0.717, 1.165) is 11.1 Å². The fourth-order valence-corrected chi connectivity index (χ4v) is 3.35. The fraction of sp³-hybridized carbons (Fsp3) is 0.360. The molecule has 0 bridgehead atoms. The summed E-state index contributed by atoms with van der Waals surface area (Å²) in [4.78, 5) is 26.1. The Morgan fingerprint density at radius 1 is 1.15 bits per heavy atom. The number of carbonyl (C=O) groups excluding carboxylic acids is 2. The molecule has 0 radical (unpaired) electrons. The van der Waals surface area contributed by atoms with Crippen molar-refractivity contribution in [1.29, 1.82) is 0 Å². The van der Waals surface area contributed by atoms with E-state index in [4.69, 9.17) is 18.9 Å². The molecule has 0 saturated heterocycles. The van der Waals surface area contributed by atoms with E-state index in [1.807, 2.05) is 31.2 Å². The second-order valence-electron chi connectivity index (χ2n) is 7.66. The van der Waals surface area contributed by atoms with Gasteiger partial charge in [-0.3, -0.25) is 9.59 Å². The summed E-state index contributed by atoms with van der Waals surface area (Å²) in [6.45, 7) is 2.83. The number of amides is 2. The van der Waals surface area contributed by atoms with E-state index in [9.17, 15) is 9.59 Å². The number of hydrogen-bond donors (Lipinski definition) is 1. The van der Waals surface area contributed by atoms with E-state index in [0.29, 0.717) is 42.6 Å². The van der Waals surface area contributed by atoms with Crippen LogP contribution in [-0.2, 0) is 9.59 Å². The van der Waals surface area contributed by atoms with Crippen LogP contribution in [-0.4, -0.2) is 57.7 Å². The van der Waals surface area contributed by atoms with Crippen molar-refractivity contribution in [3.63, 3.8) is 0 Å². The minimum atomic E-state index is -0.275. The smallest absolute Gasteiger partial charge is 0.259 e. The average Bonchev–Trinajstić information content (AvgIpc) is 2.84. The lowest BCUT2D eigenvalue weighted by molar-refractivity contribution is -0.130. The Labute approximate surface area is 194 Å². The van der Waals surface area contributed by atoms with Gasteiger partial charge in [-0.05, 0) is 36.3 Å². The maximum atomic E-state index is 12.7. The Morgan fingerprint density at radius 2 is 1.91 bits per heavy atom. The largest absolute Gasteiger partial charge is 0.493 e. The molecule has 33 heavy (non-hydrogen) atoms. The molecule has 1 N–H and O–H groups in total. The van der Waals surface area contributed by atoms with Crippen LogP contribution >= 0.6 is 0 Å². The Balaban J connectivity index is 1.71. The normalized spacial score (nSPS) is 13.3. The summed E-state index contributed by atoms with van der Waals surface area (Å²) in [5, 5.41) is 3.01. The van der Waals surface area contributed by atoms with Crippen molar-refractivity contribution in [3.05, 3.63) is 53.6 Å². The molecule has 3 rings (SSSR count). The summed E-state index contributed by atoms with van der Waals surface area (Å²) < 4.78 is 22.4. The van der Waals surface area contributed by atoms with Crippen LogP contribution in [0.3, 0.4) is 0 Å². The lowest BCUT2D eigenvalue weighted by atomic mass is 10.0. The van der Waals surface area contributed by atoms with Gasteiger partial charge in [0.05, 0.1) is 13.2 Å². The minimum Gasteiger partial charge on any atom is -0.493 e. The van der Waals surface area contributed by atoms with Crippen LogP contribution in [0, 0.1) is 0 Å². The number of hydrogen-bond acceptors (Lipinski definition) is 6. The number of carbonyl (C=O) groups is 2. The van der Waals surface area contributed by atoms with Crippen molar-refractivity contribution in [2.24, 2.45) is 0 Å². The third-order valence-corrected chi connectivity index (χ3v) is 5.15. The Hall–Kier alpha value is -3.68.